The SMILES string of the molecule is Cc1cc(Br)oc1C(=O)NCC(C)(C)N. The van der Waals surface area contributed by atoms with Crippen LogP contribution in [0, 0.1) is 6.92 Å². The average molecular weight is 275 g/mol. The molecule has 4 nitrogen and oxygen atoms in total. The number of halogens is 1. The minimum absolute atomic E-state index is 0.239. The second-order valence-corrected chi connectivity index (χ2v) is 5.02. The van der Waals surface area contributed by atoms with Crippen LogP contribution in [0.3, 0.4) is 0 Å². The second kappa shape index (κ2) is 4.37. The molecule has 0 radical (unpaired) electrons. The topological polar surface area (TPSA) is 68.3 Å². The normalized spacial score (nSPS) is 11.5. The highest BCUT2D eigenvalue weighted by Gasteiger charge is 2.17. The number of carbonyl (C=O) groups excluding carboxylic acids is 1. The Balaban J connectivity index is 2.66. The molecule has 0 atom stereocenters. The molecule has 1 aromatic rings. The van der Waals surface area contributed by atoms with E-state index in [4.69, 9.17) is 10.2 Å². The number of hydrogen-bond donors (Lipinski definition) is 2. The van der Waals surface area contributed by atoms with E-state index in [1.165, 1.54) is 0 Å². The number of amides is 1. The Morgan fingerprint density at radius 3 is 2.67 bits per heavy atom. The van der Waals surface area contributed by atoms with E-state index >= 15 is 0 Å². The number of carbonyl (C=O) groups is 1. The lowest BCUT2D eigenvalue weighted by molar-refractivity contribution is 0.0916. The fraction of sp³-hybridized carbons (Fsp3) is 0.500. The molecule has 1 aromatic heterocycles. The van der Waals surface area contributed by atoms with Crippen LogP contribution in [-0.4, -0.2) is 18.0 Å². The molecule has 0 unspecified atom stereocenters. The molecule has 0 saturated heterocycles. The summed E-state index contributed by atoms with van der Waals surface area (Å²) >= 11 is 3.17. The summed E-state index contributed by atoms with van der Waals surface area (Å²) in [4.78, 5) is 11.6. The van der Waals surface area contributed by atoms with Gasteiger partial charge in [0, 0.05) is 17.6 Å². The summed E-state index contributed by atoms with van der Waals surface area (Å²) in [5, 5.41) is 2.71. The summed E-state index contributed by atoms with van der Waals surface area (Å²) in [6.07, 6.45) is 0. The Bertz CT molecular complexity index is 366. The van der Waals surface area contributed by atoms with Gasteiger partial charge in [0.25, 0.3) is 5.91 Å². The summed E-state index contributed by atoms with van der Waals surface area (Å²) in [5.74, 6) is 0.0860. The average Bonchev–Trinajstić information content (AvgIpc) is 2.40. The molecule has 0 aliphatic carbocycles. The number of nitrogens with one attached hydrogen (secondary N) is 1. The molecule has 1 amide bonds. The lowest BCUT2D eigenvalue weighted by Crippen LogP contribution is -2.45. The number of furan rings is 1. The Morgan fingerprint density at radius 2 is 2.27 bits per heavy atom. The third-order valence-electron chi connectivity index (χ3n) is 1.80. The van der Waals surface area contributed by atoms with Crippen LogP contribution < -0.4 is 11.1 Å². The van der Waals surface area contributed by atoms with E-state index in [2.05, 4.69) is 21.2 Å². The summed E-state index contributed by atoms with van der Waals surface area (Å²) in [6.45, 7) is 5.91. The molecule has 0 spiro atoms. The summed E-state index contributed by atoms with van der Waals surface area (Å²) < 4.78 is 5.76. The second-order valence-electron chi connectivity index (χ2n) is 4.23. The van der Waals surface area contributed by atoms with Crippen molar-refractivity contribution in [1.29, 1.82) is 0 Å². The van der Waals surface area contributed by atoms with E-state index in [1.807, 2.05) is 20.8 Å². The van der Waals surface area contributed by atoms with Gasteiger partial charge in [0.05, 0.1) is 0 Å². The lowest BCUT2D eigenvalue weighted by Gasteiger charge is -2.18. The highest BCUT2D eigenvalue weighted by molar-refractivity contribution is 9.10. The summed E-state index contributed by atoms with van der Waals surface area (Å²) in [6, 6.07) is 1.75. The van der Waals surface area contributed by atoms with E-state index in [1.54, 1.807) is 6.07 Å². The molecule has 3 N–H and O–H groups in total. The van der Waals surface area contributed by atoms with Crippen molar-refractivity contribution in [1.82, 2.24) is 5.32 Å². The minimum Gasteiger partial charge on any atom is -0.444 e. The van der Waals surface area contributed by atoms with Crippen molar-refractivity contribution >= 4 is 21.8 Å². The van der Waals surface area contributed by atoms with Gasteiger partial charge in [0.2, 0.25) is 0 Å². The summed E-state index contributed by atoms with van der Waals surface area (Å²) in [5.41, 5.74) is 6.13. The first kappa shape index (κ1) is 12.3. The van der Waals surface area contributed by atoms with E-state index in [0.29, 0.717) is 17.0 Å². The van der Waals surface area contributed by atoms with E-state index in [0.717, 1.165) is 5.56 Å². The van der Waals surface area contributed by atoms with Gasteiger partial charge in [-0.3, -0.25) is 4.79 Å². The van der Waals surface area contributed by atoms with E-state index < -0.39 is 5.54 Å². The molecule has 0 fully saturated rings. The van der Waals surface area contributed by atoms with Gasteiger partial charge in [-0.15, -0.1) is 0 Å². The van der Waals surface area contributed by atoms with Crippen molar-refractivity contribution in [2.24, 2.45) is 5.73 Å². The molecule has 15 heavy (non-hydrogen) atoms. The van der Waals surface area contributed by atoms with Crippen molar-refractivity contribution in [2.75, 3.05) is 6.54 Å². The number of hydrogen-bond acceptors (Lipinski definition) is 3. The Kier molecular flexibility index (Phi) is 3.57. The van der Waals surface area contributed by atoms with Gasteiger partial charge >= 0.3 is 0 Å². The smallest absolute Gasteiger partial charge is 0.287 e. The van der Waals surface area contributed by atoms with Crippen LogP contribution in [0.4, 0.5) is 0 Å². The van der Waals surface area contributed by atoms with Crippen molar-refractivity contribution in [3.63, 3.8) is 0 Å². The molecule has 1 heterocycles. The lowest BCUT2D eigenvalue weighted by atomic mass is 10.1. The molecule has 84 valence electrons. The maximum Gasteiger partial charge on any atom is 0.287 e. The van der Waals surface area contributed by atoms with Gasteiger partial charge in [-0.2, -0.15) is 0 Å². The zero-order valence-electron chi connectivity index (χ0n) is 9.06. The fourth-order valence-corrected chi connectivity index (χ4v) is 1.56. The van der Waals surface area contributed by atoms with Gasteiger partial charge in [-0.05, 0) is 42.8 Å². The molecule has 0 bridgehead atoms. The quantitative estimate of drug-likeness (QED) is 0.884. The molecule has 0 aromatic carbocycles. The monoisotopic (exact) mass is 274 g/mol. The maximum atomic E-state index is 11.6. The molecular formula is C10H15BrN2O2. The largest absolute Gasteiger partial charge is 0.444 e. The fourth-order valence-electron chi connectivity index (χ4n) is 1.06. The highest BCUT2D eigenvalue weighted by atomic mass is 79.9. The first-order chi connectivity index (χ1) is 6.79. The van der Waals surface area contributed by atoms with Gasteiger partial charge in [0.1, 0.15) is 0 Å². The van der Waals surface area contributed by atoms with Gasteiger partial charge in [-0.1, -0.05) is 0 Å². The van der Waals surface area contributed by atoms with Crippen molar-refractivity contribution < 1.29 is 9.21 Å². The molecule has 0 aliphatic heterocycles. The zero-order chi connectivity index (χ0) is 11.6. The van der Waals surface area contributed by atoms with Crippen LogP contribution >= 0.6 is 15.9 Å². The number of rotatable bonds is 3. The highest BCUT2D eigenvalue weighted by Crippen LogP contribution is 2.19. The van der Waals surface area contributed by atoms with Crippen LogP contribution in [0.5, 0.6) is 0 Å². The van der Waals surface area contributed by atoms with Crippen molar-refractivity contribution in [3.8, 4) is 0 Å². The predicted molar refractivity (Wildman–Crippen MR) is 61.7 cm³/mol. The van der Waals surface area contributed by atoms with Gasteiger partial charge in [-0.25, -0.2) is 0 Å². The summed E-state index contributed by atoms with van der Waals surface area (Å²) in [7, 11) is 0. The van der Waals surface area contributed by atoms with Crippen LogP contribution in [0.15, 0.2) is 15.2 Å². The molecule has 5 heteroatoms. The standard InChI is InChI=1S/C10H15BrN2O2/c1-6-4-7(11)15-8(6)9(14)13-5-10(2,3)12/h4H,5,12H2,1-3H3,(H,13,14). The van der Waals surface area contributed by atoms with Gasteiger partial charge in [0.15, 0.2) is 10.4 Å². The third-order valence-corrected chi connectivity index (χ3v) is 2.19. The molecular weight excluding hydrogens is 260 g/mol. The minimum atomic E-state index is -0.423. The van der Waals surface area contributed by atoms with E-state index in [9.17, 15) is 4.79 Å². The Hall–Kier alpha value is -0.810. The first-order valence-electron chi connectivity index (χ1n) is 4.62. The maximum absolute atomic E-state index is 11.6. The Morgan fingerprint density at radius 1 is 1.67 bits per heavy atom. The van der Waals surface area contributed by atoms with Crippen molar-refractivity contribution in [3.05, 3.63) is 22.1 Å². The van der Waals surface area contributed by atoms with Crippen LogP contribution in [-0.2, 0) is 0 Å². The Labute approximate surface area is 97.3 Å². The van der Waals surface area contributed by atoms with E-state index in [-0.39, 0.29) is 5.91 Å². The van der Waals surface area contributed by atoms with Crippen LogP contribution in [0.2, 0.25) is 0 Å². The van der Waals surface area contributed by atoms with Gasteiger partial charge < -0.3 is 15.5 Å². The van der Waals surface area contributed by atoms with Crippen LogP contribution in [0.1, 0.15) is 30.0 Å². The molecule has 0 aliphatic rings. The third kappa shape index (κ3) is 3.68. The number of nitrogens with two attached hydrogens (primary N) is 1. The predicted octanol–water partition coefficient (Wildman–Crippen LogP) is 1.82. The van der Waals surface area contributed by atoms with Crippen LogP contribution in [0.25, 0.3) is 0 Å². The molecule has 0 saturated carbocycles. The molecule has 1 rings (SSSR count). The first-order valence-corrected chi connectivity index (χ1v) is 5.42. The number of aryl methyl sites for hydroxylation is 1. The zero-order valence-corrected chi connectivity index (χ0v) is 10.6. The van der Waals surface area contributed by atoms with Crippen molar-refractivity contribution in [2.45, 2.75) is 26.3 Å².